The number of carbonyl (C=O) groups excluding carboxylic acids is 2. The number of nitrogens with one attached hydrogen (secondary N) is 1. The summed E-state index contributed by atoms with van der Waals surface area (Å²) in [6.45, 7) is 5.30. The molecule has 0 aromatic heterocycles. The molecule has 1 aromatic rings. The molecule has 0 spiro atoms. The van der Waals surface area contributed by atoms with E-state index < -0.39 is 17.7 Å². The molecule has 0 atom stereocenters. The summed E-state index contributed by atoms with van der Waals surface area (Å²) < 4.78 is 15.5. The molecule has 0 saturated heterocycles. The molecule has 0 saturated carbocycles. The molecule has 1 aromatic carbocycles. The molecule has 0 aliphatic rings. The Morgan fingerprint density at radius 3 is 2.08 bits per heavy atom. The average Bonchev–Trinajstić information content (AvgIpc) is 2.50. The molecule has 0 fully saturated rings. The summed E-state index contributed by atoms with van der Waals surface area (Å²) in [6.07, 6.45) is -0.764. The molecule has 24 heavy (non-hydrogen) atoms. The van der Waals surface area contributed by atoms with Gasteiger partial charge in [-0.1, -0.05) is 0 Å². The maximum atomic E-state index is 12.4. The number of ether oxygens (including phenoxy) is 3. The molecule has 0 heterocycles. The van der Waals surface area contributed by atoms with Crippen LogP contribution >= 0.6 is 0 Å². The van der Waals surface area contributed by atoms with Crippen LogP contribution in [-0.2, 0) is 4.74 Å². The van der Waals surface area contributed by atoms with E-state index in [0.717, 1.165) is 4.90 Å². The number of amides is 3. The van der Waals surface area contributed by atoms with Gasteiger partial charge in [0.1, 0.15) is 17.1 Å². The first kappa shape index (κ1) is 19.6. The van der Waals surface area contributed by atoms with Gasteiger partial charge < -0.3 is 25.3 Å². The molecule has 8 heteroatoms. The average molecular weight is 339 g/mol. The van der Waals surface area contributed by atoms with Crippen LogP contribution in [0.15, 0.2) is 18.2 Å². The Hall–Kier alpha value is -2.48. The summed E-state index contributed by atoms with van der Waals surface area (Å²) in [5.41, 5.74) is 5.18. The van der Waals surface area contributed by atoms with Crippen LogP contribution in [0.25, 0.3) is 0 Å². The van der Waals surface area contributed by atoms with Gasteiger partial charge >= 0.3 is 12.1 Å². The zero-order valence-corrected chi connectivity index (χ0v) is 14.7. The summed E-state index contributed by atoms with van der Waals surface area (Å²) in [6, 6.07) is 4.23. The molecule has 0 radical (unpaired) electrons. The van der Waals surface area contributed by atoms with Gasteiger partial charge in [0.05, 0.1) is 14.2 Å². The Balaban J connectivity index is 2.94. The van der Waals surface area contributed by atoms with Crippen molar-refractivity contribution in [1.29, 1.82) is 0 Å². The number of anilines is 1. The van der Waals surface area contributed by atoms with Crippen LogP contribution in [0.5, 0.6) is 11.5 Å². The lowest BCUT2D eigenvalue weighted by atomic mass is 10.2. The van der Waals surface area contributed by atoms with Crippen molar-refractivity contribution in [1.82, 2.24) is 4.90 Å². The molecule has 0 bridgehead atoms. The number of methoxy groups -OCH3 is 2. The molecule has 0 unspecified atom stereocenters. The van der Waals surface area contributed by atoms with Crippen molar-refractivity contribution < 1.29 is 23.8 Å². The minimum Gasteiger partial charge on any atom is -0.497 e. The number of urea groups is 1. The van der Waals surface area contributed by atoms with Crippen LogP contribution < -0.4 is 20.5 Å². The van der Waals surface area contributed by atoms with Crippen molar-refractivity contribution in [2.75, 3.05) is 32.6 Å². The lowest BCUT2D eigenvalue weighted by Gasteiger charge is -2.26. The fourth-order valence-electron chi connectivity index (χ4n) is 1.79. The van der Waals surface area contributed by atoms with Crippen LogP contribution in [0.2, 0.25) is 0 Å². The highest BCUT2D eigenvalue weighted by Gasteiger charge is 2.27. The molecule has 0 aliphatic heterocycles. The monoisotopic (exact) mass is 339 g/mol. The van der Waals surface area contributed by atoms with Gasteiger partial charge in [-0.05, 0) is 20.8 Å². The number of hydrogen-bond donors (Lipinski definition) is 2. The number of benzene rings is 1. The van der Waals surface area contributed by atoms with Crippen LogP contribution in [0.3, 0.4) is 0 Å². The minimum atomic E-state index is -0.764. The molecule has 3 amide bonds. The third kappa shape index (κ3) is 5.96. The first-order valence-electron chi connectivity index (χ1n) is 7.44. The highest BCUT2D eigenvalue weighted by atomic mass is 16.6. The van der Waals surface area contributed by atoms with Gasteiger partial charge in [0.15, 0.2) is 0 Å². The third-order valence-electron chi connectivity index (χ3n) is 2.81. The van der Waals surface area contributed by atoms with Gasteiger partial charge in [0.2, 0.25) is 0 Å². The molecule has 0 aliphatic carbocycles. The molecular weight excluding hydrogens is 314 g/mol. The van der Waals surface area contributed by atoms with E-state index in [1.54, 1.807) is 39.0 Å². The summed E-state index contributed by atoms with van der Waals surface area (Å²) in [4.78, 5) is 25.5. The van der Waals surface area contributed by atoms with Gasteiger partial charge in [-0.3, -0.25) is 0 Å². The van der Waals surface area contributed by atoms with E-state index >= 15 is 0 Å². The van der Waals surface area contributed by atoms with E-state index in [1.165, 1.54) is 14.2 Å². The Kier molecular flexibility index (Phi) is 6.84. The number of rotatable bonds is 5. The normalized spacial score (nSPS) is 10.8. The van der Waals surface area contributed by atoms with Crippen LogP contribution in [0.4, 0.5) is 15.3 Å². The van der Waals surface area contributed by atoms with Crippen molar-refractivity contribution >= 4 is 17.8 Å². The number of carbonyl (C=O) groups is 2. The van der Waals surface area contributed by atoms with E-state index in [9.17, 15) is 9.59 Å². The van der Waals surface area contributed by atoms with E-state index in [2.05, 4.69) is 5.32 Å². The first-order chi connectivity index (χ1) is 11.2. The van der Waals surface area contributed by atoms with Gasteiger partial charge in [-0.25, -0.2) is 14.5 Å². The Labute approximate surface area is 141 Å². The quantitative estimate of drug-likeness (QED) is 0.854. The highest BCUT2D eigenvalue weighted by Crippen LogP contribution is 2.26. The fraction of sp³-hybridized carbons (Fsp3) is 0.500. The minimum absolute atomic E-state index is 0.0296. The van der Waals surface area contributed by atoms with Crippen molar-refractivity contribution in [2.45, 2.75) is 26.4 Å². The van der Waals surface area contributed by atoms with E-state index in [1.807, 2.05) is 0 Å². The molecular formula is C16H25N3O5. The Bertz CT molecular complexity index is 561. The second kappa shape index (κ2) is 8.39. The molecule has 3 N–H and O–H groups in total. The molecule has 134 valence electrons. The fourth-order valence-corrected chi connectivity index (χ4v) is 1.79. The van der Waals surface area contributed by atoms with Crippen molar-refractivity contribution in [3.63, 3.8) is 0 Å². The second-order valence-electron chi connectivity index (χ2n) is 5.95. The van der Waals surface area contributed by atoms with Crippen LogP contribution in [0.1, 0.15) is 20.8 Å². The maximum Gasteiger partial charge on any atom is 0.418 e. The molecule has 1 rings (SSSR count). The third-order valence-corrected chi connectivity index (χ3v) is 2.81. The SMILES string of the molecule is COc1cc(NC(=O)N(CCN)C(=O)OC(C)(C)C)cc(OC)c1. The van der Waals surface area contributed by atoms with E-state index in [0.29, 0.717) is 17.2 Å². The van der Waals surface area contributed by atoms with Crippen molar-refractivity contribution in [2.24, 2.45) is 5.73 Å². The van der Waals surface area contributed by atoms with E-state index in [-0.39, 0.29) is 13.1 Å². The number of nitrogens with two attached hydrogens (primary N) is 1. The lowest BCUT2D eigenvalue weighted by molar-refractivity contribution is 0.0337. The zero-order chi connectivity index (χ0) is 18.3. The highest BCUT2D eigenvalue weighted by molar-refractivity contribution is 5.99. The number of hydrogen-bond acceptors (Lipinski definition) is 6. The lowest BCUT2D eigenvalue weighted by Crippen LogP contribution is -2.45. The predicted molar refractivity (Wildman–Crippen MR) is 90.6 cm³/mol. The Morgan fingerprint density at radius 2 is 1.67 bits per heavy atom. The van der Waals surface area contributed by atoms with Crippen LogP contribution in [0, 0.1) is 0 Å². The first-order valence-corrected chi connectivity index (χ1v) is 7.44. The number of imide groups is 1. The second-order valence-corrected chi connectivity index (χ2v) is 5.95. The smallest absolute Gasteiger partial charge is 0.418 e. The van der Waals surface area contributed by atoms with Crippen molar-refractivity contribution in [3.05, 3.63) is 18.2 Å². The predicted octanol–water partition coefficient (Wildman–Crippen LogP) is 2.43. The van der Waals surface area contributed by atoms with Gasteiger partial charge in [0, 0.05) is 37.0 Å². The van der Waals surface area contributed by atoms with E-state index in [4.69, 9.17) is 19.9 Å². The van der Waals surface area contributed by atoms with Gasteiger partial charge in [-0.2, -0.15) is 0 Å². The van der Waals surface area contributed by atoms with Gasteiger partial charge in [0.25, 0.3) is 0 Å². The van der Waals surface area contributed by atoms with Crippen molar-refractivity contribution in [3.8, 4) is 11.5 Å². The maximum absolute atomic E-state index is 12.4. The largest absolute Gasteiger partial charge is 0.497 e. The topological polar surface area (TPSA) is 103 Å². The molecule has 8 nitrogen and oxygen atoms in total. The zero-order valence-electron chi connectivity index (χ0n) is 14.7. The summed E-state index contributed by atoms with van der Waals surface area (Å²) in [5.74, 6) is 1.01. The summed E-state index contributed by atoms with van der Waals surface area (Å²) >= 11 is 0. The van der Waals surface area contributed by atoms with Crippen LogP contribution in [-0.4, -0.2) is 49.9 Å². The standard InChI is InChI=1S/C16H25N3O5/c1-16(2,3)24-15(21)19(7-6-17)14(20)18-11-8-12(22-4)10-13(9-11)23-5/h8-10H,6-7,17H2,1-5H3,(H,18,20). The number of nitrogens with zero attached hydrogens (tertiary/aromatic N) is 1. The van der Waals surface area contributed by atoms with Gasteiger partial charge in [-0.15, -0.1) is 0 Å². The summed E-state index contributed by atoms with van der Waals surface area (Å²) in [5, 5.41) is 2.61. The Morgan fingerprint density at radius 1 is 1.12 bits per heavy atom. The summed E-state index contributed by atoms with van der Waals surface area (Å²) in [7, 11) is 3.00.